The summed E-state index contributed by atoms with van der Waals surface area (Å²) in [7, 11) is 0. The Labute approximate surface area is 85.1 Å². The van der Waals surface area contributed by atoms with Crippen molar-refractivity contribution >= 4 is 11.7 Å². The second-order valence-corrected chi connectivity index (χ2v) is 3.09. The topological polar surface area (TPSA) is 41.5 Å². The number of hydrogen-bond donors (Lipinski definition) is 1. The number of carbonyl (C=O) groups is 1. The molecule has 15 heavy (non-hydrogen) atoms. The fourth-order valence-corrected chi connectivity index (χ4v) is 1.11. The fourth-order valence-electron chi connectivity index (χ4n) is 1.11. The van der Waals surface area contributed by atoms with E-state index in [1.807, 2.05) is 0 Å². The van der Waals surface area contributed by atoms with E-state index in [9.17, 15) is 18.0 Å². The second kappa shape index (κ2) is 4.46. The van der Waals surface area contributed by atoms with Crippen molar-refractivity contribution in [2.75, 3.05) is 6.54 Å². The van der Waals surface area contributed by atoms with Gasteiger partial charge in [-0.1, -0.05) is 6.92 Å². The first kappa shape index (κ1) is 11.7. The summed E-state index contributed by atoms with van der Waals surface area (Å²) in [4.78, 5) is 14.7. The van der Waals surface area contributed by atoms with Gasteiger partial charge in [-0.3, -0.25) is 9.79 Å². The molecule has 0 aromatic carbocycles. The lowest BCUT2D eigenvalue weighted by atomic mass is 10.1. The van der Waals surface area contributed by atoms with Crippen LogP contribution in [0.5, 0.6) is 0 Å². The highest BCUT2D eigenvalue weighted by molar-refractivity contribution is 6.04. The summed E-state index contributed by atoms with van der Waals surface area (Å²) in [6.07, 6.45) is -3.36. The number of alkyl halides is 3. The van der Waals surface area contributed by atoms with Gasteiger partial charge in [0.25, 0.3) is 0 Å². The van der Waals surface area contributed by atoms with Crippen LogP contribution in [0.2, 0.25) is 0 Å². The molecule has 1 aliphatic rings. The Balaban J connectivity index is 2.73. The number of aliphatic imine (C=N–C) groups is 1. The van der Waals surface area contributed by atoms with E-state index in [-0.39, 0.29) is 31.1 Å². The number of amides is 1. The van der Waals surface area contributed by atoms with Crippen molar-refractivity contribution in [1.82, 2.24) is 5.32 Å². The predicted molar refractivity (Wildman–Crippen MR) is 49.5 cm³/mol. The summed E-state index contributed by atoms with van der Waals surface area (Å²) in [5.74, 6) is -0.339. The number of hydrogen-bond acceptors (Lipinski definition) is 2. The van der Waals surface area contributed by atoms with Crippen LogP contribution in [0.3, 0.4) is 0 Å². The lowest BCUT2D eigenvalue weighted by Crippen LogP contribution is -2.31. The highest BCUT2D eigenvalue weighted by atomic mass is 19.4. The van der Waals surface area contributed by atoms with Gasteiger partial charge in [-0.15, -0.1) is 0 Å². The number of rotatable bonds is 1. The van der Waals surface area contributed by atoms with Crippen molar-refractivity contribution in [2.45, 2.75) is 25.9 Å². The van der Waals surface area contributed by atoms with Crippen LogP contribution in [0.25, 0.3) is 0 Å². The van der Waals surface area contributed by atoms with Gasteiger partial charge in [-0.2, -0.15) is 13.2 Å². The molecule has 0 unspecified atom stereocenters. The van der Waals surface area contributed by atoms with Crippen LogP contribution in [0.15, 0.2) is 16.6 Å². The van der Waals surface area contributed by atoms with E-state index in [0.717, 1.165) is 6.08 Å². The lowest BCUT2D eigenvalue weighted by molar-refractivity contribution is -0.119. The Morgan fingerprint density at radius 2 is 2.27 bits per heavy atom. The maximum absolute atomic E-state index is 12.3. The highest BCUT2D eigenvalue weighted by Gasteiger charge is 2.34. The van der Waals surface area contributed by atoms with Crippen molar-refractivity contribution < 1.29 is 18.0 Å². The summed E-state index contributed by atoms with van der Waals surface area (Å²) in [5.41, 5.74) is -0.649. The molecule has 84 valence electrons. The summed E-state index contributed by atoms with van der Waals surface area (Å²) in [6, 6.07) is 0. The van der Waals surface area contributed by atoms with Crippen LogP contribution in [0.4, 0.5) is 13.2 Å². The quantitative estimate of drug-likeness (QED) is 0.719. The first-order chi connectivity index (χ1) is 6.93. The highest BCUT2D eigenvalue weighted by Crippen LogP contribution is 2.29. The van der Waals surface area contributed by atoms with Gasteiger partial charge < -0.3 is 5.32 Å². The fraction of sp³-hybridized carbons (Fsp3) is 0.556. The molecule has 0 saturated carbocycles. The maximum atomic E-state index is 12.3. The first-order valence-electron chi connectivity index (χ1n) is 4.55. The molecule has 0 aromatic heterocycles. The molecule has 6 heteroatoms. The third kappa shape index (κ3) is 3.38. The Bertz CT molecular complexity index is 318. The summed E-state index contributed by atoms with van der Waals surface area (Å²) >= 11 is 0. The Morgan fingerprint density at radius 1 is 1.60 bits per heavy atom. The van der Waals surface area contributed by atoms with Crippen LogP contribution in [-0.2, 0) is 4.79 Å². The molecule has 0 aliphatic carbocycles. The Kier molecular flexibility index (Phi) is 3.49. The van der Waals surface area contributed by atoms with Crippen molar-refractivity contribution in [3.63, 3.8) is 0 Å². The average Bonchev–Trinajstić information content (AvgIpc) is 2.17. The summed E-state index contributed by atoms with van der Waals surface area (Å²) < 4.78 is 36.9. The van der Waals surface area contributed by atoms with Gasteiger partial charge in [0, 0.05) is 18.5 Å². The SMILES string of the molecule is CCC(=O)NC1=NCCC(C(F)(F)F)=C1. The minimum Gasteiger partial charge on any atom is -0.311 e. The van der Waals surface area contributed by atoms with Crippen molar-refractivity contribution in [3.05, 3.63) is 11.6 Å². The largest absolute Gasteiger partial charge is 0.412 e. The third-order valence-electron chi connectivity index (χ3n) is 1.93. The maximum Gasteiger partial charge on any atom is 0.412 e. The molecule has 0 aromatic rings. The smallest absolute Gasteiger partial charge is 0.311 e. The van der Waals surface area contributed by atoms with Crippen molar-refractivity contribution in [2.24, 2.45) is 4.99 Å². The molecule has 0 saturated heterocycles. The van der Waals surface area contributed by atoms with Gasteiger partial charge in [-0.25, -0.2) is 0 Å². The first-order valence-corrected chi connectivity index (χ1v) is 4.55. The van der Waals surface area contributed by atoms with E-state index in [1.165, 1.54) is 0 Å². The molecule has 3 nitrogen and oxygen atoms in total. The van der Waals surface area contributed by atoms with Gasteiger partial charge in [0.2, 0.25) is 5.91 Å². The van der Waals surface area contributed by atoms with Crippen LogP contribution in [0, 0.1) is 0 Å². The average molecular weight is 220 g/mol. The molecule has 1 aliphatic heterocycles. The van der Waals surface area contributed by atoms with E-state index < -0.39 is 11.7 Å². The van der Waals surface area contributed by atoms with Crippen LogP contribution >= 0.6 is 0 Å². The zero-order chi connectivity index (χ0) is 11.5. The standard InChI is InChI=1S/C9H11F3N2O/c1-2-8(15)14-7-5-6(3-4-13-7)9(10,11)12/h5H,2-4H2,1H3,(H,13,14,15). The zero-order valence-corrected chi connectivity index (χ0v) is 8.19. The van der Waals surface area contributed by atoms with Crippen LogP contribution < -0.4 is 5.32 Å². The molecule has 1 N–H and O–H groups in total. The van der Waals surface area contributed by atoms with E-state index in [1.54, 1.807) is 6.92 Å². The van der Waals surface area contributed by atoms with Gasteiger partial charge in [-0.05, 0) is 12.5 Å². The Hall–Kier alpha value is -1.33. The molecular weight excluding hydrogens is 209 g/mol. The predicted octanol–water partition coefficient (Wildman–Crippen LogP) is 1.80. The normalized spacial score (nSPS) is 16.8. The zero-order valence-electron chi connectivity index (χ0n) is 8.19. The van der Waals surface area contributed by atoms with Gasteiger partial charge in [0.15, 0.2) is 0 Å². The Morgan fingerprint density at radius 3 is 2.80 bits per heavy atom. The molecule has 1 amide bonds. The van der Waals surface area contributed by atoms with E-state index in [0.29, 0.717) is 0 Å². The van der Waals surface area contributed by atoms with Crippen molar-refractivity contribution in [1.29, 1.82) is 0 Å². The van der Waals surface area contributed by atoms with Gasteiger partial charge in [0.05, 0.1) is 0 Å². The number of nitrogens with zero attached hydrogens (tertiary/aromatic N) is 1. The molecule has 0 bridgehead atoms. The minimum atomic E-state index is -4.34. The number of amidine groups is 1. The molecular formula is C9H11F3N2O. The van der Waals surface area contributed by atoms with Gasteiger partial charge >= 0.3 is 6.18 Å². The molecule has 0 radical (unpaired) electrons. The van der Waals surface area contributed by atoms with Crippen LogP contribution in [-0.4, -0.2) is 24.5 Å². The molecule has 1 rings (SSSR count). The monoisotopic (exact) mass is 220 g/mol. The molecule has 1 heterocycles. The number of halogens is 3. The molecule has 0 atom stereocenters. The summed E-state index contributed by atoms with van der Waals surface area (Å²) in [6.45, 7) is 1.68. The molecule has 0 spiro atoms. The second-order valence-electron chi connectivity index (χ2n) is 3.09. The number of nitrogens with one attached hydrogen (secondary N) is 1. The van der Waals surface area contributed by atoms with E-state index >= 15 is 0 Å². The number of carbonyl (C=O) groups excluding carboxylic acids is 1. The molecule has 0 fully saturated rings. The number of dihydropyridines is 1. The van der Waals surface area contributed by atoms with Crippen LogP contribution in [0.1, 0.15) is 19.8 Å². The third-order valence-corrected chi connectivity index (χ3v) is 1.93. The van der Waals surface area contributed by atoms with Crippen molar-refractivity contribution in [3.8, 4) is 0 Å². The van der Waals surface area contributed by atoms with Gasteiger partial charge in [0.1, 0.15) is 5.84 Å². The van der Waals surface area contributed by atoms with E-state index in [2.05, 4.69) is 10.3 Å². The lowest BCUT2D eigenvalue weighted by Gasteiger charge is -2.15. The minimum absolute atomic E-state index is 0.000394. The van der Waals surface area contributed by atoms with E-state index in [4.69, 9.17) is 0 Å². The summed E-state index contributed by atoms with van der Waals surface area (Å²) in [5, 5.41) is 2.31.